The summed E-state index contributed by atoms with van der Waals surface area (Å²) in [6.45, 7) is 1.06. The van der Waals surface area contributed by atoms with Gasteiger partial charge in [-0.3, -0.25) is 4.99 Å². The molecule has 0 saturated carbocycles. The van der Waals surface area contributed by atoms with Crippen molar-refractivity contribution in [1.82, 2.24) is 5.32 Å². The Morgan fingerprint density at radius 3 is 2.75 bits per heavy atom. The van der Waals surface area contributed by atoms with Crippen LogP contribution in [0.2, 0.25) is 0 Å². The highest BCUT2D eigenvalue weighted by Gasteiger charge is 2.31. The smallest absolute Gasteiger partial charge is 0.128 e. The topological polar surface area (TPSA) is 24.4 Å². The van der Waals surface area contributed by atoms with E-state index in [1.165, 1.54) is 5.57 Å². The van der Waals surface area contributed by atoms with Crippen molar-refractivity contribution in [3.63, 3.8) is 0 Å². The van der Waals surface area contributed by atoms with Gasteiger partial charge in [-0.05, 0) is 15.9 Å². The van der Waals surface area contributed by atoms with Gasteiger partial charge in [-0.2, -0.15) is 0 Å². The molecule has 2 heterocycles. The first-order valence-electron chi connectivity index (χ1n) is 5.12. The number of hydrogen-bond acceptors (Lipinski definition) is 2. The summed E-state index contributed by atoms with van der Waals surface area (Å²) in [4.78, 5) is 4.44. The van der Waals surface area contributed by atoms with Gasteiger partial charge in [0.2, 0.25) is 0 Å². The summed E-state index contributed by atoms with van der Waals surface area (Å²) in [6.07, 6.45) is 6.45. The molecule has 0 aromatic heterocycles. The zero-order valence-corrected chi connectivity index (χ0v) is 13.5. The minimum atomic E-state index is 0. The molecule has 0 fully saturated rings. The molecule has 0 bridgehead atoms. The number of fused-ring (bicyclic) bond motifs is 1. The van der Waals surface area contributed by atoms with Crippen molar-refractivity contribution in [3.8, 4) is 0 Å². The van der Waals surface area contributed by atoms with Crippen molar-refractivity contribution < 1.29 is 28.5 Å². The van der Waals surface area contributed by atoms with E-state index in [2.05, 4.69) is 59.7 Å². The second kappa shape index (κ2) is 5.18. The summed E-state index contributed by atoms with van der Waals surface area (Å²) >= 11 is 3.48. The number of hydrogen-bond donors (Lipinski definition) is 1. The molecule has 2 atom stereocenters. The van der Waals surface area contributed by atoms with Crippen molar-refractivity contribution in [3.05, 3.63) is 22.3 Å². The summed E-state index contributed by atoms with van der Waals surface area (Å²) in [5, 5.41) is 3.32. The maximum atomic E-state index is 4.44. The largest absolute Gasteiger partial charge is 1.00 e. The van der Waals surface area contributed by atoms with Crippen LogP contribution in [0.3, 0.4) is 0 Å². The van der Waals surface area contributed by atoms with Crippen LogP contribution in [0, 0.1) is 5.92 Å². The minimum Gasteiger partial charge on any atom is -1.00 e. The average molecular weight is 398 g/mol. The Kier molecular flexibility index (Phi) is 4.59. The van der Waals surface area contributed by atoms with Crippen LogP contribution in [0.15, 0.2) is 27.3 Å². The third-order valence-electron chi connectivity index (χ3n) is 2.56. The van der Waals surface area contributed by atoms with Crippen molar-refractivity contribution in [2.24, 2.45) is 10.9 Å². The Bertz CT molecular complexity index is 355. The van der Waals surface area contributed by atoms with Crippen LogP contribution in [0.1, 0.15) is 0 Å². The number of nitrogens with zero attached hydrogens (tertiary/aromatic N) is 2. The maximum Gasteiger partial charge on any atom is 0.128 e. The molecule has 90 valence electrons. The lowest BCUT2D eigenvalue weighted by Crippen LogP contribution is -3.00. The lowest BCUT2D eigenvalue weighted by Gasteiger charge is -2.27. The zero-order valence-electron chi connectivity index (χ0n) is 9.74. The van der Waals surface area contributed by atoms with Crippen molar-refractivity contribution >= 4 is 22.1 Å². The quantitative estimate of drug-likeness (QED) is 0.444. The summed E-state index contributed by atoms with van der Waals surface area (Å²) in [5.41, 5.74) is 1.43. The molecule has 0 aliphatic carbocycles. The summed E-state index contributed by atoms with van der Waals surface area (Å²) < 4.78 is 2.03. The molecule has 2 unspecified atom stereocenters. The first kappa shape index (κ1) is 14.2. The van der Waals surface area contributed by atoms with Gasteiger partial charge in [0.05, 0.1) is 21.1 Å². The molecule has 0 radical (unpaired) electrons. The molecule has 2 rings (SSSR count). The lowest BCUT2D eigenvalue weighted by molar-refractivity contribution is -0.865. The Morgan fingerprint density at radius 1 is 1.44 bits per heavy atom. The van der Waals surface area contributed by atoms with Crippen LogP contribution in [0.25, 0.3) is 0 Å². The summed E-state index contributed by atoms with van der Waals surface area (Å²) in [6, 6.07) is 0. The molecule has 5 heteroatoms. The van der Waals surface area contributed by atoms with E-state index in [0.717, 1.165) is 15.5 Å². The number of halogens is 2. The molecular weight excluding hydrogens is 381 g/mol. The van der Waals surface area contributed by atoms with Gasteiger partial charge < -0.3 is 33.8 Å². The second-order valence-corrected chi connectivity index (χ2v) is 6.05. The number of likely N-dealkylation sites (N-methyl/N-ethyl adjacent to an activating group) is 1. The van der Waals surface area contributed by atoms with Gasteiger partial charge >= 0.3 is 0 Å². The normalized spacial score (nSPS) is 27.5. The number of allylic oxidation sites excluding steroid dienone is 1. The Balaban J connectivity index is 0.00000128. The summed E-state index contributed by atoms with van der Waals surface area (Å²) in [5.74, 6) is 0.418. The van der Waals surface area contributed by atoms with Crippen molar-refractivity contribution in [2.45, 2.75) is 6.17 Å². The lowest BCUT2D eigenvalue weighted by atomic mass is 9.97. The fourth-order valence-corrected chi connectivity index (χ4v) is 2.40. The molecule has 3 nitrogen and oxygen atoms in total. The number of dihydropyridines is 1. The number of nitrogens with one attached hydrogen (secondary N) is 1. The Morgan fingerprint density at radius 2 is 2.12 bits per heavy atom. The predicted octanol–water partition coefficient (Wildman–Crippen LogP) is -1.51. The van der Waals surface area contributed by atoms with E-state index in [1.54, 1.807) is 0 Å². The Labute approximate surface area is 122 Å². The fourth-order valence-electron chi connectivity index (χ4n) is 1.99. The highest BCUT2D eigenvalue weighted by Crippen LogP contribution is 2.29. The zero-order chi connectivity index (χ0) is 11.1. The van der Waals surface area contributed by atoms with Crippen LogP contribution >= 0.6 is 15.9 Å². The Hall–Kier alpha value is 0.120. The molecule has 2 aliphatic rings. The van der Waals surface area contributed by atoms with Gasteiger partial charge in [0.15, 0.2) is 0 Å². The molecular formula is C11H17BrIN3. The molecule has 2 aliphatic heterocycles. The van der Waals surface area contributed by atoms with Crippen LogP contribution in [-0.4, -0.2) is 44.6 Å². The molecule has 0 aromatic rings. The third-order valence-corrected chi connectivity index (χ3v) is 3.03. The maximum absolute atomic E-state index is 4.44. The van der Waals surface area contributed by atoms with Gasteiger partial charge in [0, 0.05) is 28.4 Å². The van der Waals surface area contributed by atoms with Crippen molar-refractivity contribution in [1.29, 1.82) is 0 Å². The number of aliphatic imine (C=N–C) groups is 1. The van der Waals surface area contributed by atoms with Crippen molar-refractivity contribution in [2.75, 3.05) is 27.7 Å². The van der Waals surface area contributed by atoms with Crippen LogP contribution < -0.4 is 29.3 Å². The van der Waals surface area contributed by atoms with Crippen LogP contribution in [0.5, 0.6) is 0 Å². The first-order chi connectivity index (χ1) is 6.96. The minimum absolute atomic E-state index is 0. The van der Waals surface area contributed by atoms with E-state index in [1.807, 2.05) is 6.21 Å². The number of rotatable bonds is 2. The van der Waals surface area contributed by atoms with E-state index in [-0.39, 0.29) is 30.1 Å². The molecule has 0 saturated heterocycles. The van der Waals surface area contributed by atoms with Gasteiger partial charge in [-0.25, -0.2) is 0 Å². The van der Waals surface area contributed by atoms with E-state index in [4.69, 9.17) is 0 Å². The predicted molar refractivity (Wildman–Crippen MR) is 66.9 cm³/mol. The van der Waals surface area contributed by atoms with Gasteiger partial charge in [-0.1, -0.05) is 6.08 Å². The highest BCUT2D eigenvalue weighted by molar-refractivity contribution is 9.12. The van der Waals surface area contributed by atoms with Gasteiger partial charge in [-0.15, -0.1) is 0 Å². The molecule has 0 amide bonds. The van der Waals surface area contributed by atoms with E-state index < -0.39 is 0 Å². The third kappa shape index (κ3) is 3.30. The molecule has 1 N–H and O–H groups in total. The number of quaternary nitrogens is 1. The highest BCUT2D eigenvalue weighted by atomic mass is 127. The van der Waals surface area contributed by atoms with Crippen LogP contribution in [-0.2, 0) is 0 Å². The SMILES string of the molecule is C[N+](C)(C)CC1=CNC2N=CC(Br)=CC12.[I-]. The molecule has 0 spiro atoms. The van der Waals surface area contributed by atoms with Gasteiger partial charge in [0.25, 0.3) is 0 Å². The van der Waals surface area contributed by atoms with Gasteiger partial charge in [0.1, 0.15) is 12.7 Å². The monoisotopic (exact) mass is 397 g/mol. The second-order valence-electron chi connectivity index (χ2n) is 5.13. The van der Waals surface area contributed by atoms with Crippen LogP contribution in [0.4, 0.5) is 0 Å². The average Bonchev–Trinajstić information content (AvgIpc) is 2.46. The fraction of sp³-hybridized carbons (Fsp3) is 0.545. The van der Waals surface area contributed by atoms with E-state index in [9.17, 15) is 0 Å². The standard InChI is InChI=1S/C11H17BrN3.HI/c1-15(2,3)7-8-5-13-11-10(8)4-9(12)6-14-11;/h4-6,10-11,13H,7H2,1-3H3;1H/q+1;/p-1. The molecule has 0 aromatic carbocycles. The molecule has 16 heavy (non-hydrogen) atoms. The van der Waals surface area contributed by atoms with E-state index >= 15 is 0 Å². The van der Waals surface area contributed by atoms with E-state index in [0.29, 0.717) is 5.92 Å². The first-order valence-corrected chi connectivity index (χ1v) is 5.91. The summed E-state index contributed by atoms with van der Waals surface area (Å²) in [7, 11) is 6.62.